The van der Waals surface area contributed by atoms with Gasteiger partial charge in [-0.25, -0.2) is 4.79 Å². The van der Waals surface area contributed by atoms with E-state index in [-0.39, 0.29) is 18.5 Å². The molecule has 0 saturated carbocycles. The molecule has 1 atom stereocenters. The minimum atomic E-state index is -0.843. The fourth-order valence-corrected chi connectivity index (χ4v) is 3.86. The Balaban J connectivity index is 2.00. The number of carbonyl (C=O) groups is 2. The van der Waals surface area contributed by atoms with Gasteiger partial charge < -0.3 is 14.9 Å². The van der Waals surface area contributed by atoms with Crippen LogP contribution in [0.3, 0.4) is 0 Å². The number of amides is 2. The topological polar surface area (TPSA) is 60.9 Å². The lowest BCUT2D eigenvalue weighted by Crippen LogP contribution is -2.49. The quantitative estimate of drug-likeness (QED) is 0.878. The van der Waals surface area contributed by atoms with Crippen LogP contribution in [0, 0.1) is 0 Å². The number of carbonyl (C=O) groups excluding carboxylic acids is 1. The van der Waals surface area contributed by atoms with Crippen LogP contribution in [-0.2, 0) is 11.3 Å². The van der Waals surface area contributed by atoms with Gasteiger partial charge in [-0.1, -0.05) is 0 Å². The Hall–Kier alpha value is -1.08. The van der Waals surface area contributed by atoms with E-state index < -0.39 is 5.97 Å². The van der Waals surface area contributed by atoms with Crippen LogP contribution in [-0.4, -0.2) is 46.5 Å². The molecule has 1 unspecified atom stereocenters. The molecule has 0 aliphatic carbocycles. The van der Waals surface area contributed by atoms with Gasteiger partial charge in [0.25, 0.3) is 0 Å². The predicted molar refractivity (Wildman–Crippen MR) is 85.5 cm³/mol. The highest BCUT2D eigenvalue weighted by atomic mass is 79.9. The molecule has 1 N–H and O–H groups in total. The lowest BCUT2D eigenvalue weighted by atomic mass is 10.00. The van der Waals surface area contributed by atoms with Crippen LogP contribution in [0.2, 0.25) is 0 Å². The van der Waals surface area contributed by atoms with Crippen molar-refractivity contribution in [2.24, 2.45) is 0 Å². The molecule has 1 aliphatic heterocycles. The van der Waals surface area contributed by atoms with Crippen molar-refractivity contribution in [2.75, 3.05) is 13.6 Å². The summed E-state index contributed by atoms with van der Waals surface area (Å²) in [6.45, 7) is 1.19. The fraction of sp³-hybridized carbons (Fsp3) is 0.571. The molecule has 1 aromatic rings. The normalized spacial score (nSPS) is 18.6. The fourth-order valence-electron chi connectivity index (χ4n) is 2.66. The molecule has 0 radical (unpaired) electrons. The Kier molecular flexibility index (Phi) is 5.64. The minimum Gasteiger partial charge on any atom is -0.481 e. The van der Waals surface area contributed by atoms with E-state index in [2.05, 4.69) is 15.9 Å². The lowest BCUT2D eigenvalue weighted by Gasteiger charge is -2.37. The molecule has 2 rings (SSSR count). The van der Waals surface area contributed by atoms with E-state index in [9.17, 15) is 9.59 Å². The molecular weight excluding hydrogens is 356 g/mol. The molecule has 116 valence electrons. The standard InChI is InChI=1S/C14H19BrN2O3S/c1-16(8-10-6-12(15)21-9-10)14(20)17-5-3-2-4-11(17)7-13(18)19/h6,9,11H,2-5,7-8H2,1H3,(H,18,19). The van der Waals surface area contributed by atoms with Crippen LogP contribution < -0.4 is 0 Å². The van der Waals surface area contributed by atoms with Crippen molar-refractivity contribution >= 4 is 39.3 Å². The Morgan fingerprint density at radius 1 is 1.52 bits per heavy atom. The number of urea groups is 1. The van der Waals surface area contributed by atoms with Crippen molar-refractivity contribution in [3.05, 3.63) is 20.8 Å². The van der Waals surface area contributed by atoms with Crippen LogP contribution in [0.15, 0.2) is 15.2 Å². The number of hydrogen-bond donors (Lipinski definition) is 1. The lowest BCUT2D eigenvalue weighted by molar-refractivity contribution is -0.138. The zero-order chi connectivity index (χ0) is 15.4. The maximum Gasteiger partial charge on any atom is 0.320 e. The predicted octanol–water partition coefficient (Wildman–Crippen LogP) is 3.39. The van der Waals surface area contributed by atoms with E-state index in [0.717, 1.165) is 28.6 Å². The number of carboxylic acid groups (broad SMARTS) is 1. The van der Waals surface area contributed by atoms with Crippen molar-refractivity contribution in [3.8, 4) is 0 Å². The molecule has 5 nitrogen and oxygen atoms in total. The number of nitrogens with zero attached hydrogens (tertiary/aromatic N) is 2. The Morgan fingerprint density at radius 2 is 2.29 bits per heavy atom. The SMILES string of the molecule is CN(Cc1csc(Br)c1)C(=O)N1CCCCC1CC(=O)O. The highest BCUT2D eigenvalue weighted by molar-refractivity contribution is 9.11. The van der Waals surface area contributed by atoms with Gasteiger partial charge in [0.1, 0.15) is 0 Å². The number of likely N-dealkylation sites (tertiary alicyclic amines) is 1. The zero-order valence-electron chi connectivity index (χ0n) is 11.9. The highest BCUT2D eigenvalue weighted by Gasteiger charge is 2.30. The van der Waals surface area contributed by atoms with Gasteiger partial charge in [0.2, 0.25) is 0 Å². The second kappa shape index (κ2) is 7.26. The summed E-state index contributed by atoms with van der Waals surface area (Å²) in [4.78, 5) is 26.9. The third kappa shape index (κ3) is 4.44. The van der Waals surface area contributed by atoms with E-state index in [4.69, 9.17) is 5.11 Å². The first-order valence-electron chi connectivity index (χ1n) is 6.94. The van der Waals surface area contributed by atoms with Gasteiger partial charge in [-0.15, -0.1) is 11.3 Å². The highest BCUT2D eigenvalue weighted by Crippen LogP contribution is 2.24. The van der Waals surface area contributed by atoms with Crippen LogP contribution in [0.5, 0.6) is 0 Å². The Morgan fingerprint density at radius 3 is 2.90 bits per heavy atom. The average Bonchev–Trinajstić information content (AvgIpc) is 2.83. The molecule has 1 fully saturated rings. The number of hydrogen-bond acceptors (Lipinski definition) is 3. The summed E-state index contributed by atoms with van der Waals surface area (Å²) in [6.07, 6.45) is 2.74. The van der Waals surface area contributed by atoms with Crippen molar-refractivity contribution in [2.45, 2.75) is 38.3 Å². The second-order valence-electron chi connectivity index (χ2n) is 5.34. The van der Waals surface area contributed by atoms with E-state index in [1.165, 1.54) is 0 Å². The van der Waals surface area contributed by atoms with E-state index in [0.29, 0.717) is 13.1 Å². The van der Waals surface area contributed by atoms with Crippen molar-refractivity contribution in [3.63, 3.8) is 0 Å². The molecule has 0 spiro atoms. The first kappa shape index (κ1) is 16.3. The molecule has 1 aromatic heterocycles. The zero-order valence-corrected chi connectivity index (χ0v) is 14.3. The van der Waals surface area contributed by atoms with Gasteiger partial charge in [-0.05, 0) is 52.2 Å². The van der Waals surface area contributed by atoms with Gasteiger partial charge in [0.05, 0.1) is 10.2 Å². The third-order valence-corrected chi connectivity index (χ3v) is 5.20. The van der Waals surface area contributed by atoms with E-state index in [1.807, 2.05) is 11.4 Å². The van der Waals surface area contributed by atoms with E-state index in [1.54, 1.807) is 28.2 Å². The summed E-state index contributed by atoms with van der Waals surface area (Å²) >= 11 is 5.00. The summed E-state index contributed by atoms with van der Waals surface area (Å²) in [5.41, 5.74) is 1.08. The first-order chi connectivity index (χ1) is 9.97. The second-order valence-corrected chi connectivity index (χ2v) is 7.63. The van der Waals surface area contributed by atoms with Crippen molar-refractivity contribution < 1.29 is 14.7 Å². The third-order valence-electron chi connectivity index (χ3n) is 3.65. The molecule has 2 amide bonds. The van der Waals surface area contributed by atoms with Gasteiger partial charge >= 0.3 is 12.0 Å². The average molecular weight is 375 g/mol. The molecule has 1 saturated heterocycles. The summed E-state index contributed by atoms with van der Waals surface area (Å²) in [7, 11) is 1.76. The van der Waals surface area contributed by atoms with Gasteiger partial charge in [0.15, 0.2) is 0 Å². The molecule has 0 aromatic carbocycles. The number of rotatable bonds is 4. The molecule has 2 heterocycles. The molecule has 1 aliphatic rings. The maximum atomic E-state index is 12.6. The van der Waals surface area contributed by atoms with E-state index >= 15 is 0 Å². The number of halogens is 1. The van der Waals surface area contributed by atoms with Crippen molar-refractivity contribution in [1.82, 2.24) is 9.80 Å². The van der Waals surface area contributed by atoms with Crippen LogP contribution in [0.4, 0.5) is 4.79 Å². The number of thiophene rings is 1. The largest absolute Gasteiger partial charge is 0.481 e. The Labute approximate surface area is 136 Å². The van der Waals surface area contributed by atoms with Gasteiger partial charge in [-0.3, -0.25) is 4.79 Å². The van der Waals surface area contributed by atoms with Crippen LogP contribution in [0.25, 0.3) is 0 Å². The van der Waals surface area contributed by atoms with Crippen molar-refractivity contribution in [1.29, 1.82) is 0 Å². The summed E-state index contributed by atoms with van der Waals surface area (Å²) in [5, 5.41) is 11.0. The molecule has 0 bridgehead atoms. The van der Waals surface area contributed by atoms with Crippen LogP contribution in [0.1, 0.15) is 31.2 Å². The maximum absolute atomic E-state index is 12.6. The molecular formula is C14H19BrN2O3S. The van der Waals surface area contributed by atoms with Crippen LogP contribution >= 0.6 is 27.3 Å². The minimum absolute atomic E-state index is 0.0313. The molecule has 21 heavy (non-hydrogen) atoms. The monoisotopic (exact) mass is 374 g/mol. The Bertz CT molecular complexity index is 520. The smallest absolute Gasteiger partial charge is 0.320 e. The number of aliphatic carboxylic acids is 1. The van der Waals surface area contributed by atoms with Gasteiger partial charge in [-0.2, -0.15) is 0 Å². The summed E-state index contributed by atoms with van der Waals surface area (Å²) in [5.74, 6) is -0.843. The number of piperidine rings is 1. The number of carboxylic acids is 1. The first-order valence-corrected chi connectivity index (χ1v) is 8.61. The summed E-state index contributed by atoms with van der Waals surface area (Å²) in [6, 6.07) is 1.74. The van der Waals surface area contributed by atoms with Gasteiger partial charge in [0, 0.05) is 26.2 Å². The summed E-state index contributed by atoms with van der Waals surface area (Å²) < 4.78 is 1.04. The molecule has 7 heteroatoms.